The Kier molecular flexibility index (Phi) is 6.50. The summed E-state index contributed by atoms with van der Waals surface area (Å²) < 4.78 is 0. The number of nitrogens with zero attached hydrogens (tertiary/aromatic N) is 4. The maximum atomic E-state index is 12.1. The molecule has 0 spiro atoms. The Morgan fingerprint density at radius 2 is 1.93 bits per heavy atom. The van der Waals surface area contributed by atoms with E-state index in [1.807, 2.05) is 0 Å². The van der Waals surface area contributed by atoms with Crippen molar-refractivity contribution in [1.82, 2.24) is 30.9 Å². The van der Waals surface area contributed by atoms with Crippen LogP contribution in [0.5, 0.6) is 0 Å². The molecule has 1 atom stereocenters. The van der Waals surface area contributed by atoms with E-state index in [2.05, 4.69) is 35.8 Å². The standard InChI is InChI=1S/C18H23N7O2/c26-16(14-4-1-6-19-12-14)20-9-10-23-18(27)24-15-5-2-11-25(13-15)17-21-7-3-8-22-17/h1,3-4,6-8,12,15H,2,5,9-11,13H2,(H,20,26)(H2,23,24,27)/t15-/m1/s1. The lowest BCUT2D eigenvalue weighted by molar-refractivity contribution is 0.0953. The molecule has 0 aliphatic carbocycles. The number of aromatic nitrogens is 3. The molecule has 9 nitrogen and oxygen atoms in total. The summed E-state index contributed by atoms with van der Waals surface area (Å²) in [7, 11) is 0. The van der Waals surface area contributed by atoms with Crippen LogP contribution in [-0.4, -0.2) is 59.1 Å². The Labute approximate surface area is 157 Å². The van der Waals surface area contributed by atoms with Gasteiger partial charge in [-0.15, -0.1) is 0 Å². The van der Waals surface area contributed by atoms with Crippen molar-refractivity contribution in [2.24, 2.45) is 0 Å². The summed E-state index contributed by atoms with van der Waals surface area (Å²) in [5.74, 6) is 0.471. The molecule has 9 heteroatoms. The Balaban J connectivity index is 1.36. The molecule has 2 aromatic rings. The monoisotopic (exact) mass is 369 g/mol. The number of hydrogen-bond acceptors (Lipinski definition) is 6. The highest BCUT2D eigenvalue weighted by Crippen LogP contribution is 2.15. The number of nitrogens with one attached hydrogen (secondary N) is 3. The minimum Gasteiger partial charge on any atom is -0.350 e. The molecule has 0 unspecified atom stereocenters. The molecule has 0 radical (unpaired) electrons. The zero-order valence-corrected chi connectivity index (χ0v) is 15.0. The number of rotatable bonds is 6. The Morgan fingerprint density at radius 1 is 1.11 bits per heavy atom. The summed E-state index contributed by atoms with van der Waals surface area (Å²) in [4.78, 5) is 38.4. The molecule has 3 heterocycles. The molecule has 3 N–H and O–H groups in total. The van der Waals surface area contributed by atoms with Crippen molar-refractivity contribution in [3.8, 4) is 0 Å². The molecule has 2 aromatic heterocycles. The van der Waals surface area contributed by atoms with Crippen LogP contribution < -0.4 is 20.9 Å². The normalized spacial score (nSPS) is 16.4. The zero-order valence-electron chi connectivity index (χ0n) is 15.0. The molecule has 27 heavy (non-hydrogen) atoms. The second-order valence-electron chi connectivity index (χ2n) is 6.23. The smallest absolute Gasteiger partial charge is 0.315 e. The van der Waals surface area contributed by atoms with Crippen LogP contribution in [0.2, 0.25) is 0 Å². The first kappa shape index (κ1) is 18.6. The minimum absolute atomic E-state index is 0.0348. The number of piperidine rings is 1. The molecule has 0 bridgehead atoms. The predicted molar refractivity (Wildman–Crippen MR) is 100 cm³/mol. The van der Waals surface area contributed by atoms with Gasteiger partial charge < -0.3 is 20.9 Å². The molecule has 0 saturated carbocycles. The predicted octanol–water partition coefficient (Wildman–Crippen LogP) is 0.570. The Morgan fingerprint density at radius 3 is 2.70 bits per heavy atom. The van der Waals surface area contributed by atoms with Crippen molar-refractivity contribution >= 4 is 17.9 Å². The number of anilines is 1. The molecule has 3 amide bonds. The van der Waals surface area contributed by atoms with E-state index in [9.17, 15) is 9.59 Å². The molecule has 142 valence electrons. The van der Waals surface area contributed by atoms with Gasteiger partial charge in [0, 0.05) is 57.0 Å². The van der Waals surface area contributed by atoms with E-state index in [0.29, 0.717) is 31.1 Å². The first-order chi connectivity index (χ1) is 13.2. The van der Waals surface area contributed by atoms with Crippen LogP contribution in [0.1, 0.15) is 23.2 Å². The maximum absolute atomic E-state index is 12.1. The van der Waals surface area contributed by atoms with Gasteiger partial charge in [-0.05, 0) is 31.0 Å². The highest BCUT2D eigenvalue weighted by atomic mass is 16.2. The molecule has 1 aliphatic heterocycles. The molecular weight excluding hydrogens is 346 g/mol. The van der Waals surface area contributed by atoms with Gasteiger partial charge in [0.25, 0.3) is 5.91 Å². The quantitative estimate of drug-likeness (QED) is 0.642. The summed E-state index contributed by atoms with van der Waals surface area (Å²) in [6.45, 7) is 2.24. The molecule has 1 aliphatic rings. The van der Waals surface area contributed by atoms with Crippen molar-refractivity contribution in [3.05, 3.63) is 48.5 Å². The number of amides is 3. The van der Waals surface area contributed by atoms with Gasteiger partial charge in [0.15, 0.2) is 0 Å². The van der Waals surface area contributed by atoms with Gasteiger partial charge in [-0.2, -0.15) is 0 Å². The lowest BCUT2D eigenvalue weighted by Gasteiger charge is -2.33. The topological polar surface area (TPSA) is 112 Å². The van der Waals surface area contributed by atoms with Gasteiger partial charge >= 0.3 is 6.03 Å². The number of urea groups is 1. The highest BCUT2D eigenvalue weighted by molar-refractivity contribution is 5.93. The van der Waals surface area contributed by atoms with Crippen LogP contribution in [0, 0.1) is 0 Å². The number of carbonyl (C=O) groups is 2. The number of carbonyl (C=O) groups excluding carboxylic acids is 2. The van der Waals surface area contributed by atoms with Crippen LogP contribution in [0.15, 0.2) is 43.0 Å². The second-order valence-corrected chi connectivity index (χ2v) is 6.23. The van der Waals surface area contributed by atoms with E-state index in [1.54, 1.807) is 36.8 Å². The van der Waals surface area contributed by atoms with Gasteiger partial charge in [0.1, 0.15) is 0 Å². The summed E-state index contributed by atoms with van der Waals surface area (Å²) in [6.07, 6.45) is 8.41. The van der Waals surface area contributed by atoms with E-state index < -0.39 is 0 Å². The van der Waals surface area contributed by atoms with E-state index in [4.69, 9.17) is 0 Å². The third kappa shape index (κ3) is 5.63. The van der Waals surface area contributed by atoms with Crippen molar-refractivity contribution in [3.63, 3.8) is 0 Å². The average Bonchev–Trinajstić information content (AvgIpc) is 2.72. The number of pyridine rings is 1. The fourth-order valence-electron chi connectivity index (χ4n) is 2.92. The Bertz CT molecular complexity index is 742. The van der Waals surface area contributed by atoms with Crippen LogP contribution in [0.3, 0.4) is 0 Å². The summed E-state index contributed by atoms with van der Waals surface area (Å²) in [5.41, 5.74) is 0.493. The first-order valence-corrected chi connectivity index (χ1v) is 8.97. The second kappa shape index (κ2) is 9.46. The maximum Gasteiger partial charge on any atom is 0.315 e. The van der Waals surface area contributed by atoms with Gasteiger partial charge in [0.2, 0.25) is 5.95 Å². The van der Waals surface area contributed by atoms with E-state index in [1.165, 1.54) is 6.20 Å². The van der Waals surface area contributed by atoms with E-state index in [-0.39, 0.29) is 18.0 Å². The summed E-state index contributed by atoms with van der Waals surface area (Å²) in [5, 5.41) is 8.47. The highest BCUT2D eigenvalue weighted by Gasteiger charge is 2.22. The number of hydrogen-bond donors (Lipinski definition) is 3. The zero-order chi connectivity index (χ0) is 18.9. The first-order valence-electron chi connectivity index (χ1n) is 8.97. The van der Waals surface area contributed by atoms with Crippen LogP contribution in [0.4, 0.5) is 10.7 Å². The molecule has 0 aromatic carbocycles. The van der Waals surface area contributed by atoms with Crippen LogP contribution in [-0.2, 0) is 0 Å². The van der Waals surface area contributed by atoms with Crippen LogP contribution in [0.25, 0.3) is 0 Å². The lowest BCUT2D eigenvalue weighted by Crippen LogP contribution is -2.51. The van der Waals surface area contributed by atoms with Crippen molar-refractivity contribution in [2.75, 3.05) is 31.1 Å². The van der Waals surface area contributed by atoms with E-state index >= 15 is 0 Å². The van der Waals surface area contributed by atoms with Crippen LogP contribution >= 0.6 is 0 Å². The fraction of sp³-hybridized carbons (Fsp3) is 0.389. The molecule has 1 saturated heterocycles. The Hall–Kier alpha value is -3.23. The lowest BCUT2D eigenvalue weighted by atomic mass is 10.1. The fourth-order valence-corrected chi connectivity index (χ4v) is 2.92. The summed E-state index contributed by atoms with van der Waals surface area (Å²) >= 11 is 0. The van der Waals surface area contributed by atoms with Crippen molar-refractivity contribution in [2.45, 2.75) is 18.9 Å². The van der Waals surface area contributed by atoms with Gasteiger partial charge in [-0.25, -0.2) is 14.8 Å². The molecule has 3 rings (SSSR count). The summed E-state index contributed by atoms with van der Waals surface area (Å²) in [6, 6.07) is 4.96. The minimum atomic E-state index is -0.244. The van der Waals surface area contributed by atoms with Crippen molar-refractivity contribution in [1.29, 1.82) is 0 Å². The van der Waals surface area contributed by atoms with Gasteiger partial charge in [-0.3, -0.25) is 9.78 Å². The van der Waals surface area contributed by atoms with Gasteiger partial charge in [0.05, 0.1) is 5.56 Å². The van der Waals surface area contributed by atoms with Gasteiger partial charge in [-0.1, -0.05) is 0 Å². The third-order valence-electron chi connectivity index (χ3n) is 4.21. The molecular formula is C18H23N7O2. The average molecular weight is 369 g/mol. The molecule has 1 fully saturated rings. The SMILES string of the molecule is O=C(NCCNC(=O)c1cccnc1)N[C@@H]1CCCN(c2ncccn2)C1. The largest absolute Gasteiger partial charge is 0.350 e. The van der Waals surface area contributed by atoms with E-state index in [0.717, 1.165) is 19.4 Å². The third-order valence-corrected chi connectivity index (χ3v) is 4.21. The van der Waals surface area contributed by atoms with Crippen molar-refractivity contribution < 1.29 is 9.59 Å².